The van der Waals surface area contributed by atoms with Gasteiger partial charge in [0.15, 0.2) is 0 Å². The Labute approximate surface area is 159 Å². The number of nitrogens with one attached hydrogen (secondary N) is 2. The largest absolute Gasteiger partial charge is 0.315 e. The van der Waals surface area contributed by atoms with Crippen LogP contribution in [0, 0.1) is 11.7 Å². The standard InChI is InChI=1S/C18H19FN6OS/c1-25-10-12(7-21-25)13-8-20-9-14(13)17(26)22-18-24-23-16(27-18)6-11-4-2-3-5-15(11)19/h2-5,7,10,13-14,20H,6,8-9H2,1H3,(H,22,24,26)/t13-,14+/m1/s1. The molecule has 0 spiro atoms. The molecule has 140 valence electrons. The predicted octanol–water partition coefficient (Wildman–Crippen LogP) is 1.94. The highest BCUT2D eigenvalue weighted by atomic mass is 32.1. The number of halogens is 1. The average molecular weight is 386 g/mol. The molecule has 0 radical (unpaired) electrons. The van der Waals surface area contributed by atoms with Gasteiger partial charge in [-0.3, -0.25) is 9.48 Å². The molecule has 2 atom stereocenters. The molecular weight excluding hydrogens is 367 g/mol. The van der Waals surface area contributed by atoms with Gasteiger partial charge in [-0.25, -0.2) is 4.39 Å². The third-order valence-corrected chi connectivity index (χ3v) is 5.54. The van der Waals surface area contributed by atoms with Gasteiger partial charge < -0.3 is 10.6 Å². The second-order valence-corrected chi connectivity index (χ2v) is 7.64. The van der Waals surface area contributed by atoms with Gasteiger partial charge >= 0.3 is 0 Å². The quantitative estimate of drug-likeness (QED) is 0.700. The maximum atomic E-state index is 13.8. The van der Waals surface area contributed by atoms with Gasteiger partial charge in [0, 0.05) is 38.7 Å². The summed E-state index contributed by atoms with van der Waals surface area (Å²) in [4.78, 5) is 12.7. The third kappa shape index (κ3) is 3.88. The Balaban J connectivity index is 1.42. The summed E-state index contributed by atoms with van der Waals surface area (Å²) >= 11 is 1.27. The zero-order valence-electron chi connectivity index (χ0n) is 14.7. The first kappa shape index (κ1) is 17.7. The fraction of sp³-hybridized carbons (Fsp3) is 0.333. The van der Waals surface area contributed by atoms with E-state index >= 15 is 0 Å². The minimum atomic E-state index is -0.269. The van der Waals surface area contributed by atoms with E-state index < -0.39 is 0 Å². The predicted molar refractivity (Wildman–Crippen MR) is 100 cm³/mol. The molecule has 3 heterocycles. The maximum absolute atomic E-state index is 13.8. The van der Waals surface area contributed by atoms with E-state index in [2.05, 4.69) is 25.9 Å². The van der Waals surface area contributed by atoms with Crippen LogP contribution < -0.4 is 10.6 Å². The van der Waals surface area contributed by atoms with E-state index in [4.69, 9.17) is 0 Å². The first-order valence-electron chi connectivity index (χ1n) is 8.66. The number of carbonyl (C=O) groups is 1. The Bertz CT molecular complexity index is 955. The van der Waals surface area contributed by atoms with Crippen molar-refractivity contribution in [2.75, 3.05) is 18.4 Å². The lowest BCUT2D eigenvalue weighted by molar-refractivity contribution is -0.119. The third-order valence-electron chi connectivity index (χ3n) is 4.70. The second-order valence-electron chi connectivity index (χ2n) is 6.58. The molecule has 1 amide bonds. The molecule has 3 aromatic rings. The summed E-state index contributed by atoms with van der Waals surface area (Å²) < 4.78 is 15.5. The Hall–Kier alpha value is -2.65. The molecule has 0 aliphatic carbocycles. The van der Waals surface area contributed by atoms with Gasteiger partial charge in [0.05, 0.1) is 12.1 Å². The van der Waals surface area contributed by atoms with Crippen LogP contribution in [0.15, 0.2) is 36.7 Å². The van der Waals surface area contributed by atoms with Crippen molar-refractivity contribution in [1.29, 1.82) is 0 Å². The normalized spacial score (nSPS) is 19.3. The summed E-state index contributed by atoms with van der Waals surface area (Å²) in [6.07, 6.45) is 4.09. The van der Waals surface area contributed by atoms with Crippen LogP contribution in [0.2, 0.25) is 0 Å². The number of hydrogen-bond acceptors (Lipinski definition) is 6. The molecule has 1 aliphatic heterocycles. The molecule has 1 aromatic carbocycles. The summed E-state index contributed by atoms with van der Waals surface area (Å²) in [5.74, 6) is -0.491. The Kier molecular flexibility index (Phi) is 4.95. The fourth-order valence-electron chi connectivity index (χ4n) is 3.31. The van der Waals surface area contributed by atoms with Crippen molar-refractivity contribution in [3.8, 4) is 0 Å². The van der Waals surface area contributed by atoms with E-state index in [9.17, 15) is 9.18 Å². The lowest BCUT2D eigenvalue weighted by Crippen LogP contribution is -2.28. The van der Waals surface area contributed by atoms with Gasteiger partial charge in [-0.15, -0.1) is 10.2 Å². The van der Waals surface area contributed by atoms with Crippen molar-refractivity contribution in [3.63, 3.8) is 0 Å². The summed E-state index contributed by atoms with van der Waals surface area (Å²) in [6.45, 7) is 1.34. The van der Waals surface area contributed by atoms with Gasteiger partial charge in [0.25, 0.3) is 0 Å². The zero-order chi connectivity index (χ0) is 18.8. The van der Waals surface area contributed by atoms with Crippen molar-refractivity contribution in [2.45, 2.75) is 12.3 Å². The van der Waals surface area contributed by atoms with Crippen molar-refractivity contribution < 1.29 is 9.18 Å². The summed E-state index contributed by atoms with van der Waals surface area (Å²) in [6, 6.07) is 6.58. The summed E-state index contributed by atoms with van der Waals surface area (Å²) in [7, 11) is 1.86. The number of nitrogens with zero attached hydrogens (tertiary/aromatic N) is 4. The smallest absolute Gasteiger partial charge is 0.231 e. The fourth-order valence-corrected chi connectivity index (χ4v) is 4.08. The van der Waals surface area contributed by atoms with E-state index in [1.54, 1.807) is 29.1 Å². The Morgan fingerprint density at radius 1 is 1.37 bits per heavy atom. The molecule has 2 aromatic heterocycles. The molecule has 27 heavy (non-hydrogen) atoms. The van der Waals surface area contributed by atoms with Crippen LogP contribution in [-0.2, 0) is 18.3 Å². The number of benzene rings is 1. The number of hydrogen-bond donors (Lipinski definition) is 2. The lowest BCUT2D eigenvalue weighted by atomic mass is 9.90. The van der Waals surface area contributed by atoms with Crippen molar-refractivity contribution in [3.05, 3.63) is 58.6 Å². The highest BCUT2D eigenvalue weighted by Gasteiger charge is 2.35. The molecule has 4 rings (SSSR count). The maximum Gasteiger partial charge on any atom is 0.231 e. The van der Waals surface area contributed by atoms with Gasteiger partial charge in [-0.1, -0.05) is 29.5 Å². The van der Waals surface area contributed by atoms with E-state index in [-0.39, 0.29) is 23.6 Å². The number of carbonyl (C=O) groups excluding carboxylic acids is 1. The van der Waals surface area contributed by atoms with Crippen molar-refractivity contribution in [1.82, 2.24) is 25.3 Å². The minimum Gasteiger partial charge on any atom is -0.315 e. The van der Waals surface area contributed by atoms with E-state index in [1.807, 2.05) is 13.2 Å². The first-order chi connectivity index (χ1) is 13.1. The minimum absolute atomic E-state index is 0.0736. The molecule has 1 saturated heterocycles. The summed E-state index contributed by atoms with van der Waals surface area (Å²) in [5.41, 5.74) is 1.60. The lowest BCUT2D eigenvalue weighted by Gasteiger charge is -2.15. The number of aromatic nitrogens is 4. The zero-order valence-corrected chi connectivity index (χ0v) is 15.5. The molecule has 0 saturated carbocycles. The molecule has 1 aliphatic rings. The van der Waals surface area contributed by atoms with Gasteiger partial charge in [0.2, 0.25) is 11.0 Å². The van der Waals surface area contributed by atoms with Crippen molar-refractivity contribution in [2.24, 2.45) is 13.0 Å². The summed E-state index contributed by atoms with van der Waals surface area (Å²) in [5, 5.41) is 19.5. The van der Waals surface area contributed by atoms with Crippen LogP contribution in [-0.4, -0.2) is 39.0 Å². The van der Waals surface area contributed by atoms with Crippen LogP contribution in [0.5, 0.6) is 0 Å². The van der Waals surface area contributed by atoms with E-state index in [1.165, 1.54) is 17.4 Å². The molecule has 9 heteroatoms. The number of rotatable bonds is 5. The van der Waals surface area contributed by atoms with Gasteiger partial charge in [-0.2, -0.15) is 5.10 Å². The highest BCUT2D eigenvalue weighted by molar-refractivity contribution is 7.15. The number of amides is 1. The molecule has 0 unspecified atom stereocenters. The monoisotopic (exact) mass is 386 g/mol. The highest BCUT2D eigenvalue weighted by Crippen LogP contribution is 2.29. The molecule has 1 fully saturated rings. The molecule has 2 N–H and O–H groups in total. The van der Waals surface area contributed by atoms with Gasteiger partial charge in [-0.05, 0) is 17.2 Å². The topological polar surface area (TPSA) is 84.7 Å². The van der Waals surface area contributed by atoms with E-state index in [0.29, 0.717) is 28.7 Å². The second kappa shape index (κ2) is 7.53. The first-order valence-corrected chi connectivity index (χ1v) is 9.47. The van der Waals surface area contributed by atoms with Crippen molar-refractivity contribution >= 4 is 22.4 Å². The van der Waals surface area contributed by atoms with Gasteiger partial charge in [0.1, 0.15) is 10.8 Å². The number of aryl methyl sites for hydroxylation is 1. The van der Waals surface area contributed by atoms with Crippen LogP contribution in [0.1, 0.15) is 22.1 Å². The van der Waals surface area contributed by atoms with Crippen LogP contribution in [0.4, 0.5) is 9.52 Å². The number of anilines is 1. The Morgan fingerprint density at radius 3 is 3.00 bits per heavy atom. The van der Waals surface area contributed by atoms with E-state index in [0.717, 1.165) is 12.1 Å². The molecule has 7 nitrogen and oxygen atoms in total. The van der Waals surface area contributed by atoms with Crippen LogP contribution in [0.25, 0.3) is 0 Å². The molecule has 0 bridgehead atoms. The average Bonchev–Trinajstić information content (AvgIpc) is 3.37. The van der Waals surface area contributed by atoms with Crippen LogP contribution in [0.3, 0.4) is 0 Å². The van der Waals surface area contributed by atoms with Crippen LogP contribution >= 0.6 is 11.3 Å². The SMILES string of the molecule is Cn1cc([C@H]2CNC[C@@H]2C(=O)Nc2nnc(Cc3ccccc3F)s2)cn1. The Morgan fingerprint density at radius 2 is 2.22 bits per heavy atom. The molecular formula is C18H19FN6OS.